The monoisotopic (exact) mass is 473 g/mol. The SMILES string of the molecule is Cc1cc(C(=O)NCCNC(=O)c2nc(CS(=O)(=O)c3ccccc3)no2)ccc1[N+](=O)[O-]. The molecular formula is C20H19N5O7S. The number of nitro groups is 1. The number of hydrogen-bond donors (Lipinski definition) is 2. The lowest BCUT2D eigenvalue weighted by atomic mass is 10.1. The van der Waals surface area contributed by atoms with E-state index in [1.807, 2.05) is 0 Å². The second-order valence-electron chi connectivity index (χ2n) is 6.86. The van der Waals surface area contributed by atoms with E-state index in [1.54, 1.807) is 18.2 Å². The Morgan fingerprint density at radius 2 is 1.73 bits per heavy atom. The summed E-state index contributed by atoms with van der Waals surface area (Å²) in [6.07, 6.45) is 0. The van der Waals surface area contributed by atoms with Gasteiger partial charge in [-0.3, -0.25) is 19.7 Å². The van der Waals surface area contributed by atoms with Crippen LogP contribution in [0.3, 0.4) is 0 Å². The first kappa shape index (κ1) is 23.5. The number of carbonyl (C=O) groups is 2. The van der Waals surface area contributed by atoms with Crippen molar-refractivity contribution in [1.82, 2.24) is 20.8 Å². The molecule has 0 aliphatic heterocycles. The molecule has 172 valence electrons. The summed E-state index contributed by atoms with van der Waals surface area (Å²) in [5.74, 6) is -2.30. The van der Waals surface area contributed by atoms with Crippen LogP contribution in [0.25, 0.3) is 0 Å². The zero-order valence-electron chi connectivity index (χ0n) is 17.3. The maximum atomic E-state index is 12.3. The first-order valence-corrected chi connectivity index (χ1v) is 11.2. The Kier molecular flexibility index (Phi) is 7.13. The third-order valence-electron chi connectivity index (χ3n) is 4.44. The summed E-state index contributed by atoms with van der Waals surface area (Å²) in [7, 11) is -3.69. The van der Waals surface area contributed by atoms with Crippen LogP contribution >= 0.6 is 0 Å². The third-order valence-corrected chi connectivity index (χ3v) is 6.06. The predicted molar refractivity (Wildman–Crippen MR) is 114 cm³/mol. The van der Waals surface area contributed by atoms with Gasteiger partial charge in [-0.15, -0.1) is 0 Å². The topological polar surface area (TPSA) is 174 Å². The Bertz CT molecular complexity index is 1290. The van der Waals surface area contributed by atoms with Crippen LogP contribution in [0.5, 0.6) is 0 Å². The molecule has 0 radical (unpaired) electrons. The summed E-state index contributed by atoms with van der Waals surface area (Å²) < 4.78 is 29.5. The molecule has 2 N–H and O–H groups in total. The van der Waals surface area contributed by atoms with Crippen LogP contribution < -0.4 is 10.6 Å². The summed E-state index contributed by atoms with van der Waals surface area (Å²) in [4.78, 5) is 38.5. The molecule has 12 nitrogen and oxygen atoms in total. The minimum absolute atomic E-state index is 0.0244. The van der Waals surface area contributed by atoms with Gasteiger partial charge in [-0.25, -0.2) is 8.42 Å². The van der Waals surface area contributed by atoms with Crippen LogP contribution in [0, 0.1) is 17.0 Å². The fraction of sp³-hybridized carbons (Fsp3) is 0.200. The van der Waals surface area contributed by atoms with Crippen LogP contribution in [-0.2, 0) is 15.6 Å². The van der Waals surface area contributed by atoms with Gasteiger partial charge in [0, 0.05) is 30.3 Å². The maximum Gasteiger partial charge on any atom is 0.315 e. The maximum absolute atomic E-state index is 12.3. The molecule has 13 heteroatoms. The fourth-order valence-corrected chi connectivity index (χ4v) is 4.01. The van der Waals surface area contributed by atoms with E-state index in [-0.39, 0.29) is 35.1 Å². The van der Waals surface area contributed by atoms with Crippen molar-refractivity contribution >= 4 is 27.3 Å². The van der Waals surface area contributed by atoms with Crippen molar-refractivity contribution in [1.29, 1.82) is 0 Å². The quantitative estimate of drug-likeness (QED) is 0.264. The highest BCUT2D eigenvalue weighted by atomic mass is 32.2. The molecule has 1 heterocycles. The molecule has 2 aromatic carbocycles. The van der Waals surface area contributed by atoms with Crippen LogP contribution in [0.2, 0.25) is 0 Å². The molecule has 0 aliphatic rings. The minimum atomic E-state index is -3.69. The van der Waals surface area contributed by atoms with E-state index in [9.17, 15) is 28.1 Å². The first-order chi connectivity index (χ1) is 15.7. The normalized spacial score (nSPS) is 11.1. The highest BCUT2D eigenvalue weighted by molar-refractivity contribution is 7.90. The number of aromatic nitrogens is 2. The number of amides is 2. The van der Waals surface area contributed by atoms with E-state index in [4.69, 9.17) is 4.52 Å². The highest BCUT2D eigenvalue weighted by Crippen LogP contribution is 2.18. The van der Waals surface area contributed by atoms with Crippen LogP contribution in [-0.4, -0.2) is 48.4 Å². The third kappa shape index (κ3) is 5.98. The van der Waals surface area contributed by atoms with Crippen LogP contribution in [0.1, 0.15) is 32.4 Å². The van der Waals surface area contributed by atoms with E-state index in [0.717, 1.165) is 0 Å². The van der Waals surface area contributed by atoms with Gasteiger partial charge in [-0.2, -0.15) is 4.98 Å². The lowest BCUT2D eigenvalue weighted by Gasteiger charge is -2.06. The molecule has 0 aliphatic carbocycles. The number of aryl methyl sites for hydroxylation is 1. The van der Waals surface area contributed by atoms with E-state index < -0.39 is 38.2 Å². The van der Waals surface area contributed by atoms with Crippen LogP contribution in [0.4, 0.5) is 5.69 Å². The van der Waals surface area contributed by atoms with Gasteiger partial charge in [0.25, 0.3) is 11.6 Å². The molecule has 0 spiro atoms. The number of benzene rings is 2. The predicted octanol–water partition coefficient (Wildman–Crippen LogP) is 1.42. The van der Waals surface area contributed by atoms with E-state index >= 15 is 0 Å². The second-order valence-corrected chi connectivity index (χ2v) is 8.85. The number of sulfone groups is 1. The Labute approximate surface area is 188 Å². The minimum Gasteiger partial charge on any atom is -0.350 e. The molecule has 0 unspecified atom stereocenters. The van der Waals surface area contributed by atoms with Gasteiger partial charge in [-0.05, 0) is 31.2 Å². The summed E-state index contributed by atoms with van der Waals surface area (Å²) in [5, 5.41) is 19.4. The average molecular weight is 473 g/mol. The summed E-state index contributed by atoms with van der Waals surface area (Å²) in [6.45, 7) is 1.61. The van der Waals surface area contributed by atoms with Crippen LogP contribution in [0.15, 0.2) is 57.9 Å². The molecule has 3 rings (SSSR count). The van der Waals surface area contributed by atoms with E-state index in [2.05, 4.69) is 20.8 Å². The van der Waals surface area contributed by atoms with Crippen molar-refractivity contribution < 1.29 is 27.5 Å². The van der Waals surface area contributed by atoms with Gasteiger partial charge in [0.2, 0.25) is 0 Å². The van der Waals surface area contributed by atoms with Gasteiger partial charge in [-0.1, -0.05) is 23.4 Å². The molecule has 0 atom stereocenters. The van der Waals surface area contributed by atoms with Gasteiger partial charge in [0.1, 0.15) is 5.75 Å². The molecular weight excluding hydrogens is 454 g/mol. The fourth-order valence-electron chi connectivity index (χ4n) is 2.82. The van der Waals surface area contributed by atoms with Crippen molar-refractivity contribution in [3.05, 3.63) is 81.5 Å². The molecule has 0 saturated carbocycles. The number of carbonyl (C=O) groups excluding carboxylic acids is 2. The van der Waals surface area contributed by atoms with Crippen molar-refractivity contribution in [2.75, 3.05) is 13.1 Å². The molecule has 1 aromatic heterocycles. The number of nitrogens with zero attached hydrogens (tertiary/aromatic N) is 3. The van der Waals surface area contributed by atoms with Crippen molar-refractivity contribution in [3.63, 3.8) is 0 Å². The molecule has 33 heavy (non-hydrogen) atoms. The van der Waals surface area contributed by atoms with Crippen molar-refractivity contribution in [2.24, 2.45) is 0 Å². The summed E-state index contributed by atoms with van der Waals surface area (Å²) >= 11 is 0. The standard InChI is InChI=1S/C20H19N5O7S/c1-13-11-14(7-8-16(13)25(28)29)18(26)21-9-10-22-19(27)20-23-17(24-32-20)12-33(30,31)15-5-3-2-4-6-15/h2-8,11H,9-10,12H2,1H3,(H,21,26)(H,22,27). The lowest BCUT2D eigenvalue weighted by molar-refractivity contribution is -0.385. The number of nitro benzene ring substituents is 1. The summed E-state index contributed by atoms with van der Waals surface area (Å²) in [6, 6.07) is 11.7. The largest absolute Gasteiger partial charge is 0.350 e. The molecule has 0 bridgehead atoms. The zero-order valence-corrected chi connectivity index (χ0v) is 18.2. The van der Waals surface area contributed by atoms with Gasteiger partial charge >= 0.3 is 11.8 Å². The number of hydrogen-bond acceptors (Lipinski definition) is 9. The van der Waals surface area contributed by atoms with Gasteiger partial charge in [0.05, 0.1) is 9.82 Å². The molecule has 0 fully saturated rings. The van der Waals surface area contributed by atoms with Crippen molar-refractivity contribution in [2.45, 2.75) is 17.6 Å². The zero-order chi connectivity index (χ0) is 24.0. The smallest absolute Gasteiger partial charge is 0.315 e. The molecule has 0 saturated heterocycles. The van der Waals surface area contributed by atoms with E-state index in [1.165, 1.54) is 37.3 Å². The van der Waals surface area contributed by atoms with Gasteiger partial charge < -0.3 is 15.2 Å². The Balaban J connectivity index is 1.49. The summed E-state index contributed by atoms with van der Waals surface area (Å²) in [5.41, 5.74) is 0.502. The van der Waals surface area contributed by atoms with E-state index in [0.29, 0.717) is 5.56 Å². The number of nitrogens with one attached hydrogen (secondary N) is 2. The lowest BCUT2D eigenvalue weighted by Crippen LogP contribution is -2.34. The average Bonchev–Trinajstić information content (AvgIpc) is 3.24. The number of rotatable bonds is 9. The molecule has 3 aromatic rings. The Morgan fingerprint density at radius 3 is 2.36 bits per heavy atom. The first-order valence-electron chi connectivity index (χ1n) is 9.59. The second kappa shape index (κ2) is 9.99. The van der Waals surface area contributed by atoms with Crippen molar-refractivity contribution in [3.8, 4) is 0 Å². The Morgan fingerprint density at radius 1 is 1.06 bits per heavy atom. The molecule has 2 amide bonds. The Hall–Kier alpha value is -4.13. The highest BCUT2D eigenvalue weighted by Gasteiger charge is 2.21. The van der Waals surface area contributed by atoms with Gasteiger partial charge in [0.15, 0.2) is 15.7 Å².